The molecule has 1 unspecified atom stereocenters. The molecule has 0 aliphatic heterocycles. The Morgan fingerprint density at radius 3 is 2.58 bits per heavy atom. The van der Waals surface area contributed by atoms with Crippen molar-refractivity contribution in [3.05, 3.63) is 52.7 Å². The molecule has 128 valence electrons. The number of rotatable bonds is 4. The second-order valence-electron chi connectivity index (χ2n) is 5.11. The summed E-state index contributed by atoms with van der Waals surface area (Å²) in [5.74, 6) is -0.546. The van der Waals surface area contributed by atoms with Gasteiger partial charge in [0, 0.05) is 11.2 Å². The number of alkyl halides is 3. The zero-order valence-electron chi connectivity index (χ0n) is 12.8. The van der Waals surface area contributed by atoms with E-state index < -0.39 is 22.9 Å². The number of pyridine rings is 1. The molecule has 1 atom stereocenters. The smallest absolute Gasteiger partial charge is 0.325 e. The molecular formula is C16H14ClF3N2OS. The summed E-state index contributed by atoms with van der Waals surface area (Å²) in [6.07, 6.45) is -2.95. The van der Waals surface area contributed by atoms with Gasteiger partial charge in [0.1, 0.15) is 0 Å². The Bertz CT molecular complexity index is 735. The van der Waals surface area contributed by atoms with Gasteiger partial charge in [0.25, 0.3) is 0 Å². The molecule has 1 aromatic carbocycles. The van der Waals surface area contributed by atoms with Crippen LogP contribution in [0.5, 0.6) is 0 Å². The largest absolute Gasteiger partial charge is 0.418 e. The van der Waals surface area contributed by atoms with Crippen molar-refractivity contribution in [3.8, 4) is 0 Å². The summed E-state index contributed by atoms with van der Waals surface area (Å²) < 4.78 is 39.1. The molecule has 1 amide bonds. The minimum atomic E-state index is -4.61. The Kier molecular flexibility index (Phi) is 5.77. The molecule has 0 saturated carbocycles. The zero-order valence-corrected chi connectivity index (χ0v) is 14.4. The number of carbonyl (C=O) groups excluding carboxylic acids is 1. The number of benzene rings is 1. The van der Waals surface area contributed by atoms with Crippen LogP contribution in [-0.4, -0.2) is 16.1 Å². The highest BCUT2D eigenvalue weighted by Gasteiger charge is 2.34. The van der Waals surface area contributed by atoms with E-state index in [9.17, 15) is 18.0 Å². The molecule has 0 saturated heterocycles. The van der Waals surface area contributed by atoms with Crippen molar-refractivity contribution in [2.24, 2.45) is 0 Å². The molecule has 0 fully saturated rings. The normalized spacial score (nSPS) is 12.8. The first-order valence-corrected chi connectivity index (χ1v) is 8.19. The fourth-order valence-corrected chi connectivity index (χ4v) is 2.81. The maximum atomic E-state index is 13.0. The number of anilines is 1. The molecule has 1 heterocycles. The number of nitrogens with zero attached hydrogens (tertiary/aromatic N) is 1. The molecule has 2 aromatic rings. The maximum absolute atomic E-state index is 13.0. The average Bonchev–Trinajstić information content (AvgIpc) is 2.50. The van der Waals surface area contributed by atoms with Gasteiger partial charge in [-0.15, -0.1) is 0 Å². The van der Waals surface area contributed by atoms with Gasteiger partial charge >= 0.3 is 6.18 Å². The average molecular weight is 375 g/mol. The van der Waals surface area contributed by atoms with Gasteiger partial charge in [-0.2, -0.15) is 13.2 Å². The van der Waals surface area contributed by atoms with Crippen LogP contribution in [0.2, 0.25) is 5.02 Å². The lowest BCUT2D eigenvalue weighted by molar-refractivity contribution is -0.137. The van der Waals surface area contributed by atoms with E-state index in [0.717, 1.165) is 17.7 Å². The second-order valence-corrected chi connectivity index (χ2v) is 6.91. The van der Waals surface area contributed by atoms with Gasteiger partial charge in [-0.25, -0.2) is 4.98 Å². The van der Waals surface area contributed by atoms with Crippen LogP contribution in [0.1, 0.15) is 18.1 Å². The summed E-state index contributed by atoms with van der Waals surface area (Å²) in [7, 11) is 0. The number of hydrogen-bond donors (Lipinski definition) is 1. The molecular weight excluding hydrogens is 361 g/mol. The first-order valence-electron chi connectivity index (χ1n) is 6.94. The summed E-state index contributed by atoms with van der Waals surface area (Å²) in [6, 6.07) is 6.83. The minimum Gasteiger partial charge on any atom is -0.325 e. The van der Waals surface area contributed by atoms with Crippen LogP contribution in [-0.2, 0) is 11.0 Å². The molecule has 1 aromatic heterocycles. The van der Waals surface area contributed by atoms with Crippen LogP contribution in [0, 0.1) is 6.92 Å². The number of aryl methyl sites for hydroxylation is 1. The van der Waals surface area contributed by atoms with Crippen molar-refractivity contribution in [3.63, 3.8) is 0 Å². The molecule has 3 nitrogen and oxygen atoms in total. The molecule has 0 bridgehead atoms. The van der Waals surface area contributed by atoms with Crippen molar-refractivity contribution in [2.75, 3.05) is 5.32 Å². The molecule has 0 aliphatic rings. The van der Waals surface area contributed by atoms with Crippen LogP contribution in [0.25, 0.3) is 0 Å². The molecule has 0 aliphatic carbocycles. The Labute approximate surface area is 146 Å². The van der Waals surface area contributed by atoms with Crippen LogP contribution in [0.15, 0.2) is 41.6 Å². The van der Waals surface area contributed by atoms with Gasteiger partial charge in [0.15, 0.2) is 0 Å². The summed E-state index contributed by atoms with van der Waals surface area (Å²) >= 11 is 6.78. The molecule has 0 radical (unpaired) electrons. The Morgan fingerprint density at radius 1 is 1.29 bits per heavy atom. The van der Waals surface area contributed by atoms with E-state index in [-0.39, 0.29) is 10.7 Å². The highest BCUT2D eigenvalue weighted by atomic mass is 35.5. The second kappa shape index (κ2) is 7.44. The standard InChI is InChI=1S/C16H14ClF3N2OS/c1-9-3-6-14(21-8-9)24-10(2)15(23)22-13-5-4-11(17)7-12(13)16(18,19)20/h3-8,10H,1-2H3,(H,22,23). The lowest BCUT2D eigenvalue weighted by atomic mass is 10.1. The quantitative estimate of drug-likeness (QED) is 0.749. The lowest BCUT2D eigenvalue weighted by Gasteiger charge is -2.16. The predicted octanol–water partition coefficient (Wildman–Crippen LogP) is 5.18. The molecule has 0 spiro atoms. The lowest BCUT2D eigenvalue weighted by Crippen LogP contribution is -2.24. The Morgan fingerprint density at radius 2 is 2.00 bits per heavy atom. The molecule has 1 N–H and O–H groups in total. The van der Waals surface area contributed by atoms with Crippen LogP contribution in [0.3, 0.4) is 0 Å². The van der Waals surface area contributed by atoms with Gasteiger partial charge < -0.3 is 5.32 Å². The third-order valence-electron chi connectivity index (χ3n) is 3.10. The molecule has 8 heteroatoms. The van der Waals surface area contributed by atoms with Crippen molar-refractivity contribution >= 4 is 35.0 Å². The minimum absolute atomic E-state index is 0.0494. The van der Waals surface area contributed by atoms with Crippen molar-refractivity contribution < 1.29 is 18.0 Å². The van der Waals surface area contributed by atoms with E-state index in [1.54, 1.807) is 19.2 Å². The van der Waals surface area contributed by atoms with E-state index in [0.29, 0.717) is 5.03 Å². The van der Waals surface area contributed by atoms with E-state index in [1.807, 2.05) is 13.0 Å². The number of hydrogen-bond acceptors (Lipinski definition) is 3. The van der Waals surface area contributed by atoms with Crippen molar-refractivity contribution in [1.29, 1.82) is 0 Å². The Balaban J connectivity index is 2.13. The number of nitrogens with one attached hydrogen (secondary N) is 1. The fourth-order valence-electron chi connectivity index (χ4n) is 1.85. The number of halogens is 4. The zero-order chi connectivity index (χ0) is 17.9. The van der Waals surface area contributed by atoms with Gasteiger partial charge in [-0.3, -0.25) is 4.79 Å². The SMILES string of the molecule is Cc1ccc(SC(C)C(=O)Nc2ccc(Cl)cc2C(F)(F)F)nc1. The third-order valence-corrected chi connectivity index (χ3v) is 4.38. The first-order chi connectivity index (χ1) is 11.2. The van der Waals surface area contributed by atoms with Crippen LogP contribution >= 0.6 is 23.4 Å². The number of amides is 1. The monoisotopic (exact) mass is 374 g/mol. The summed E-state index contributed by atoms with van der Waals surface area (Å²) in [4.78, 5) is 16.3. The number of carbonyl (C=O) groups is 1. The number of aromatic nitrogens is 1. The van der Waals surface area contributed by atoms with E-state index >= 15 is 0 Å². The van der Waals surface area contributed by atoms with Crippen molar-refractivity contribution in [2.45, 2.75) is 30.3 Å². The van der Waals surface area contributed by atoms with Crippen LogP contribution < -0.4 is 5.32 Å². The summed E-state index contributed by atoms with van der Waals surface area (Å²) in [5, 5.41) is 2.27. The molecule has 2 rings (SSSR count). The van der Waals surface area contributed by atoms with E-state index in [4.69, 9.17) is 11.6 Å². The molecule has 24 heavy (non-hydrogen) atoms. The Hall–Kier alpha value is -1.73. The van der Waals surface area contributed by atoms with E-state index in [2.05, 4.69) is 10.3 Å². The van der Waals surface area contributed by atoms with Gasteiger partial charge in [-0.1, -0.05) is 29.4 Å². The van der Waals surface area contributed by atoms with Crippen molar-refractivity contribution in [1.82, 2.24) is 4.98 Å². The fraction of sp³-hybridized carbons (Fsp3) is 0.250. The highest BCUT2D eigenvalue weighted by molar-refractivity contribution is 8.00. The summed E-state index contributed by atoms with van der Waals surface area (Å²) in [6.45, 7) is 3.49. The van der Waals surface area contributed by atoms with Gasteiger partial charge in [0.05, 0.1) is 21.5 Å². The first kappa shape index (κ1) is 18.6. The summed E-state index contributed by atoms with van der Waals surface area (Å²) in [5.41, 5.74) is -0.317. The third kappa shape index (κ3) is 4.88. The van der Waals surface area contributed by atoms with Crippen LogP contribution in [0.4, 0.5) is 18.9 Å². The van der Waals surface area contributed by atoms with Gasteiger partial charge in [0.2, 0.25) is 5.91 Å². The predicted molar refractivity (Wildman–Crippen MR) is 89.4 cm³/mol. The topological polar surface area (TPSA) is 42.0 Å². The number of thioether (sulfide) groups is 1. The van der Waals surface area contributed by atoms with E-state index in [1.165, 1.54) is 17.8 Å². The van der Waals surface area contributed by atoms with Gasteiger partial charge in [-0.05, 0) is 43.7 Å². The maximum Gasteiger partial charge on any atom is 0.418 e. The highest BCUT2D eigenvalue weighted by Crippen LogP contribution is 2.36.